The highest BCUT2D eigenvalue weighted by Crippen LogP contribution is 2.28. The van der Waals surface area contributed by atoms with Crippen LogP contribution in [0.3, 0.4) is 0 Å². The van der Waals surface area contributed by atoms with Crippen LogP contribution in [0.15, 0.2) is 18.2 Å². The average molecular weight is 268 g/mol. The molecule has 0 saturated heterocycles. The average Bonchev–Trinajstić information content (AvgIpc) is 2.14. The maximum absolute atomic E-state index is 12.2. The summed E-state index contributed by atoms with van der Waals surface area (Å²) in [6, 6.07) is 3.57. The Morgan fingerprint density at radius 1 is 1.47 bits per heavy atom. The molecule has 0 heterocycles. The fourth-order valence-electron chi connectivity index (χ4n) is 1.30. The molecule has 0 atom stereocenters. The highest BCUT2D eigenvalue weighted by Gasteiger charge is 2.30. The summed E-state index contributed by atoms with van der Waals surface area (Å²) in [6.45, 7) is -1.15. The number of hydrogen-bond donors (Lipinski definition) is 1. The monoisotopic (exact) mass is 267 g/mol. The van der Waals surface area contributed by atoms with Crippen LogP contribution in [0.4, 0.5) is 18.9 Å². The van der Waals surface area contributed by atoms with Gasteiger partial charge in [-0.15, -0.1) is 0 Å². The predicted octanol–water partition coefficient (Wildman–Crippen LogP) is 3.04. The van der Waals surface area contributed by atoms with Gasteiger partial charge in [0.15, 0.2) is 0 Å². The number of hydrogen-bond acceptors (Lipinski definition) is 2. The summed E-state index contributed by atoms with van der Waals surface area (Å²) in [6.07, 6.45) is -4.34. The lowest BCUT2D eigenvalue weighted by atomic mass is 10.2. The zero-order valence-corrected chi connectivity index (χ0v) is 9.51. The quantitative estimate of drug-likeness (QED) is 0.915. The topological polar surface area (TPSA) is 40.5 Å². The predicted molar refractivity (Wildman–Crippen MR) is 57.7 cm³/mol. The van der Waals surface area contributed by atoms with Gasteiger partial charge in [-0.05, 0) is 18.2 Å². The molecular formula is C10H9ClF3NO2. The van der Waals surface area contributed by atoms with Crippen molar-refractivity contribution in [3.8, 4) is 0 Å². The Labute approximate surface area is 100 Å². The number of aromatic carboxylic acids is 1. The van der Waals surface area contributed by atoms with E-state index >= 15 is 0 Å². The molecule has 0 unspecified atom stereocenters. The maximum Gasteiger partial charge on any atom is 0.405 e. The SMILES string of the molecule is CN(CC(F)(F)F)c1ccc(C(=O)O)cc1Cl. The van der Waals surface area contributed by atoms with E-state index in [9.17, 15) is 18.0 Å². The van der Waals surface area contributed by atoms with Crippen molar-refractivity contribution in [1.82, 2.24) is 0 Å². The van der Waals surface area contributed by atoms with Crippen LogP contribution in [-0.4, -0.2) is 30.8 Å². The largest absolute Gasteiger partial charge is 0.478 e. The summed E-state index contributed by atoms with van der Waals surface area (Å²) in [5.41, 5.74) is 0.0631. The van der Waals surface area contributed by atoms with Gasteiger partial charge in [0.2, 0.25) is 0 Å². The van der Waals surface area contributed by atoms with Gasteiger partial charge in [0.05, 0.1) is 16.3 Å². The lowest BCUT2D eigenvalue weighted by Crippen LogP contribution is -2.31. The molecule has 0 aliphatic rings. The second-order valence-corrected chi connectivity index (χ2v) is 3.85. The number of nitrogens with zero attached hydrogens (tertiary/aromatic N) is 1. The molecule has 1 rings (SSSR count). The first-order chi connectivity index (χ1) is 7.70. The summed E-state index contributed by atoms with van der Waals surface area (Å²) in [5.74, 6) is -1.18. The number of rotatable bonds is 3. The lowest BCUT2D eigenvalue weighted by Gasteiger charge is -2.22. The van der Waals surface area contributed by atoms with Gasteiger partial charge in [0.1, 0.15) is 6.54 Å². The molecule has 3 nitrogen and oxygen atoms in total. The van der Waals surface area contributed by atoms with Gasteiger partial charge >= 0.3 is 12.1 Å². The molecule has 0 amide bonds. The first-order valence-electron chi connectivity index (χ1n) is 4.51. The summed E-state index contributed by atoms with van der Waals surface area (Å²) in [4.78, 5) is 11.5. The van der Waals surface area contributed by atoms with Crippen LogP contribution >= 0.6 is 11.6 Å². The van der Waals surface area contributed by atoms with E-state index in [-0.39, 0.29) is 16.3 Å². The Kier molecular flexibility index (Phi) is 3.87. The molecule has 0 aromatic heterocycles. The molecule has 17 heavy (non-hydrogen) atoms. The van der Waals surface area contributed by atoms with Crippen LogP contribution in [-0.2, 0) is 0 Å². The molecular weight excluding hydrogens is 259 g/mol. The second-order valence-electron chi connectivity index (χ2n) is 3.44. The highest BCUT2D eigenvalue weighted by atomic mass is 35.5. The Balaban J connectivity index is 2.96. The van der Waals surface area contributed by atoms with E-state index in [1.807, 2.05) is 0 Å². The summed E-state index contributed by atoms with van der Waals surface area (Å²) < 4.78 is 36.5. The number of anilines is 1. The molecule has 0 aliphatic carbocycles. The zero-order valence-electron chi connectivity index (χ0n) is 8.75. The third kappa shape index (κ3) is 3.81. The molecule has 0 aliphatic heterocycles. The minimum Gasteiger partial charge on any atom is -0.478 e. The summed E-state index contributed by atoms with van der Waals surface area (Å²) in [5, 5.41) is 8.64. The number of carboxylic acids is 1. The Hall–Kier alpha value is -1.43. The first-order valence-corrected chi connectivity index (χ1v) is 4.89. The van der Waals surface area contributed by atoms with Gasteiger partial charge in [-0.25, -0.2) is 4.79 Å². The van der Waals surface area contributed by atoms with Crippen molar-refractivity contribution in [2.45, 2.75) is 6.18 Å². The molecule has 0 spiro atoms. The standard InChI is InChI=1S/C10H9ClF3NO2/c1-15(5-10(12,13)14)8-3-2-6(9(16)17)4-7(8)11/h2-4H,5H2,1H3,(H,16,17). The van der Waals surface area contributed by atoms with Crippen molar-refractivity contribution >= 4 is 23.3 Å². The zero-order chi connectivity index (χ0) is 13.2. The Morgan fingerprint density at radius 2 is 2.06 bits per heavy atom. The second kappa shape index (κ2) is 4.83. The van der Waals surface area contributed by atoms with Crippen molar-refractivity contribution in [3.63, 3.8) is 0 Å². The van der Waals surface area contributed by atoms with Gasteiger partial charge in [-0.2, -0.15) is 13.2 Å². The molecule has 1 aromatic carbocycles. The van der Waals surface area contributed by atoms with Crippen LogP contribution < -0.4 is 4.90 Å². The maximum atomic E-state index is 12.2. The Morgan fingerprint density at radius 3 is 2.47 bits per heavy atom. The van der Waals surface area contributed by atoms with E-state index in [2.05, 4.69) is 0 Å². The Bertz CT molecular complexity index is 434. The molecule has 0 radical (unpaired) electrons. The fourth-order valence-corrected chi connectivity index (χ4v) is 1.63. The first kappa shape index (κ1) is 13.6. The van der Waals surface area contributed by atoms with Crippen molar-refractivity contribution in [3.05, 3.63) is 28.8 Å². The fraction of sp³-hybridized carbons (Fsp3) is 0.300. The van der Waals surface area contributed by atoms with E-state index in [4.69, 9.17) is 16.7 Å². The highest BCUT2D eigenvalue weighted by molar-refractivity contribution is 6.33. The van der Waals surface area contributed by atoms with E-state index in [0.29, 0.717) is 0 Å². The molecule has 7 heteroatoms. The van der Waals surface area contributed by atoms with Crippen LogP contribution in [0.1, 0.15) is 10.4 Å². The van der Waals surface area contributed by atoms with Gasteiger partial charge in [0.25, 0.3) is 0 Å². The molecule has 0 bridgehead atoms. The van der Waals surface area contributed by atoms with Gasteiger partial charge in [0, 0.05) is 7.05 Å². The number of carboxylic acid groups (broad SMARTS) is 1. The molecule has 1 N–H and O–H groups in total. The van der Waals surface area contributed by atoms with Crippen molar-refractivity contribution in [2.75, 3.05) is 18.5 Å². The van der Waals surface area contributed by atoms with Crippen LogP contribution in [0, 0.1) is 0 Å². The van der Waals surface area contributed by atoms with E-state index in [1.165, 1.54) is 19.2 Å². The minimum atomic E-state index is -4.34. The van der Waals surface area contributed by atoms with Gasteiger partial charge in [-0.3, -0.25) is 0 Å². The molecule has 94 valence electrons. The van der Waals surface area contributed by atoms with Crippen molar-refractivity contribution < 1.29 is 23.1 Å². The molecule has 1 aromatic rings. The van der Waals surface area contributed by atoms with Crippen LogP contribution in [0.2, 0.25) is 5.02 Å². The lowest BCUT2D eigenvalue weighted by molar-refractivity contribution is -0.119. The third-order valence-corrected chi connectivity index (χ3v) is 2.33. The van der Waals surface area contributed by atoms with Crippen LogP contribution in [0.5, 0.6) is 0 Å². The van der Waals surface area contributed by atoms with Gasteiger partial charge < -0.3 is 10.0 Å². The third-order valence-electron chi connectivity index (χ3n) is 2.02. The van der Waals surface area contributed by atoms with E-state index < -0.39 is 18.7 Å². The van der Waals surface area contributed by atoms with E-state index in [0.717, 1.165) is 11.0 Å². The normalized spacial score (nSPS) is 11.4. The smallest absolute Gasteiger partial charge is 0.405 e. The number of carbonyl (C=O) groups is 1. The van der Waals surface area contributed by atoms with Crippen molar-refractivity contribution in [2.24, 2.45) is 0 Å². The number of halogens is 4. The van der Waals surface area contributed by atoms with E-state index in [1.54, 1.807) is 0 Å². The summed E-state index contributed by atoms with van der Waals surface area (Å²) in [7, 11) is 1.23. The van der Waals surface area contributed by atoms with Gasteiger partial charge in [-0.1, -0.05) is 11.6 Å². The number of alkyl halides is 3. The number of benzene rings is 1. The molecule has 0 saturated carbocycles. The van der Waals surface area contributed by atoms with Crippen molar-refractivity contribution in [1.29, 1.82) is 0 Å². The molecule has 0 fully saturated rings. The minimum absolute atomic E-state index is 0.0309. The summed E-state index contributed by atoms with van der Waals surface area (Å²) >= 11 is 5.72. The van der Waals surface area contributed by atoms with Crippen LogP contribution in [0.25, 0.3) is 0 Å².